The first-order valence-corrected chi connectivity index (χ1v) is 13.4. The monoisotopic (exact) mass is 554 g/mol. The number of carbonyl (C=O) groups is 1. The molecule has 0 spiro atoms. The third-order valence-corrected chi connectivity index (χ3v) is 9.24. The quantitative estimate of drug-likeness (QED) is 0.191. The van der Waals surface area contributed by atoms with E-state index in [0.717, 1.165) is 21.1 Å². The van der Waals surface area contributed by atoms with Crippen molar-refractivity contribution in [2.45, 2.75) is 41.6 Å². The molecule has 0 radical (unpaired) electrons. The van der Waals surface area contributed by atoms with Gasteiger partial charge in [-0.05, 0) is 30.5 Å². The van der Waals surface area contributed by atoms with Gasteiger partial charge in [0.15, 0.2) is 0 Å². The lowest BCUT2D eigenvalue weighted by Gasteiger charge is -2.49. The van der Waals surface area contributed by atoms with Crippen molar-refractivity contribution >= 4 is 40.3 Å². The Morgan fingerprint density at radius 1 is 0.875 bits per heavy atom. The predicted molar refractivity (Wildman–Crippen MR) is 141 cm³/mol. The molecule has 164 valence electrons. The van der Waals surface area contributed by atoms with Crippen molar-refractivity contribution in [3.05, 3.63) is 108 Å². The lowest BCUT2D eigenvalue weighted by molar-refractivity contribution is -0.148. The van der Waals surface area contributed by atoms with Crippen molar-refractivity contribution < 1.29 is 4.79 Å². The van der Waals surface area contributed by atoms with Crippen LogP contribution in [0.15, 0.2) is 91.0 Å². The summed E-state index contributed by atoms with van der Waals surface area (Å²) in [5.74, 6) is 0.210. The molecule has 5 heteroatoms. The zero-order valence-electron chi connectivity index (χ0n) is 18.2. The zero-order valence-corrected chi connectivity index (χ0v) is 21.2. The Labute approximate surface area is 208 Å². The number of halogens is 1. The lowest BCUT2D eigenvalue weighted by Crippen LogP contribution is -2.72. The second kappa shape index (κ2) is 8.50. The number of benzene rings is 3. The van der Waals surface area contributed by atoms with Gasteiger partial charge in [0.1, 0.15) is 11.4 Å². The molecule has 3 unspecified atom stereocenters. The van der Waals surface area contributed by atoms with Crippen LogP contribution in [-0.2, 0) is 10.3 Å². The van der Waals surface area contributed by atoms with Crippen molar-refractivity contribution in [3.8, 4) is 0 Å². The topological polar surface area (TPSA) is 32.3 Å². The van der Waals surface area contributed by atoms with Gasteiger partial charge in [-0.3, -0.25) is 10.1 Å². The molecular weight excluding hydrogens is 527 g/mol. The molecule has 2 fully saturated rings. The smallest absolute Gasteiger partial charge is 0.244 e. The second-order valence-corrected chi connectivity index (χ2v) is 11.6. The molecule has 0 aliphatic carbocycles. The van der Waals surface area contributed by atoms with E-state index in [1.807, 2.05) is 30.0 Å². The van der Waals surface area contributed by atoms with Crippen molar-refractivity contribution in [2.75, 3.05) is 4.43 Å². The minimum Gasteiger partial charge on any atom is -0.322 e. The first-order valence-electron chi connectivity index (χ1n) is 11.0. The Morgan fingerprint density at radius 3 is 1.72 bits per heavy atom. The van der Waals surface area contributed by atoms with E-state index in [1.165, 1.54) is 0 Å². The highest BCUT2D eigenvalue weighted by Gasteiger charge is 2.62. The molecule has 2 saturated heterocycles. The van der Waals surface area contributed by atoms with Gasteiger partial charge in [0.2, 0.25) is 5.91 Å². The molecule has 0 aromatic heterocycles. The van der Waals surface area contributed by atoms with Gasteiger partial charge in [-0.2, -0.15) is 0 Å². The minimum atomic E-state index is -0.622. The molecule has 3 aromatic carbocycles. The minimum absolute atomic E-state index is 0.0485. The molecule has 2 heterocycles. The van der Waals surface area contributed by atoms with Gasteiger partial charge in [-0.25, -0.2) is 0 Å². The summed E-state index contributed by atoms with van der Waals surface area (Å²) in [5.41, 5.74) is 2.78. The van der Waals surface area contributed by atoms with E-state index in [-0.39, 0.29) is 28.1 Å². The fourth-order valence-corrected chi connectivity index (χ4v) is 8.59. The molecule has 2 aliphatic heterocycles. The maximum Gasteiger partial charge on any atom is 0.244 e. The number of hydrogen-bond donors (Lipinski definition) is 1. The maximum absolute atomic E-state index is 13.5. The van der Waals surface area contributed by atoms with Crippen LogP contribution in [0.25, 0.3) is 0 Å². The number of fused-ring (bicyclic) bond motifs is 1. The van der Waals surface area contributed by atoms with Crippen LogP contribution in [0.4, 0.5) is 0 Å². The van der Waals surface area contributed by atoms with Crippen LogP contribution in [-0.4, -0.2) is 37.4 Å². The summed E-state index contributed by atoms with van der Waals surface area (Å²) in [6.45, 7) is 4.53. The van der Waals surface area contributed by atoms with Crippen molar-refractivity contribution in [1.82, 2.24) is 10.2 Å². The second-order valence-electron chi connectivity index (χ2n) is 9.00. The highest BCUT2D eigenvalue weighted by molar-refractivity contribution is 14.1. The van der Waals surface area contributed by atoms with Gasteiger partial charge >= 0.3 is 0 Å². The Bertz CT molecular complexity index is 994. The Morgan fingerprint density at radius 2 is 1.31 bits per heavy atom. The molecule has 32 heavy (non-hydrogen) atoms. The van der Waals surface area contributed by atoms with E-state index < -0.39 is 5.54 Å². The van der Waals surface area contributed by atoms with E-state index in [1.54, 1.807) is 0 Å². The summed E-state index contributed by atoms with van der Waals surface area (Å²) in [6.07, 6.45) is 0. The highest BCUT2D eigenvalue weighted by Crippen LogP contribution is 2.52. The van der Waals surface area contributed by atoms with Crippen molar-refractivity contribution in [1.29, 1.82) is 0 Å². The van der Waals surface area contributed by atoms with Crippen LogP contribution in [0.1, 0.15) is 30.5 Å². The highest BCUT2D eigenvalue weighted by atomic mass is 127. The number of β-lactam (4-membered cyclic amide) rings is 1. The van der Waals surface area contributed by atoms with Crippen LogP contribution in [0, 0.1) is 0 Å². The summed E-state index contributed by atoms with van der Waals surface area (Å²) in [5, 5.41) is 4.05. The summed E-state index contributed by atoms with van der Waals surface area (Å²) >= 11 is 4.35. The molecular formula is C27H27IN2OS. The lowest BCUT2D eigenvalue weighted by atomic mass is 9.76. The molecule has 1 amide bonds. The maximum atomic E-state index is 13.5. The summed E-state index contributed by atoms with van der Waals surface area (Å²) in [6, 6.07) is 31.6. The Kier molecular flexibility index (Phi) is 5.84. The number of nitrogens with one attached hydrogen (secondary N) is 1. The first kappa shape index (κ1) is 22.0. The molecule has 1 N–H and O–H groups in total. The normalized spacial score (nSPS) is 24.2. The molecule has 0 bridgehead atoms. The van der Waals surface area contributed by atoms with Crippen LogP contribution in [0.2, 0.25) is 0 Å². The first-order chi connectivity index (χ1) is 15.5. The number of nitrogens with zero attached hydrogens (tertiary/aromatic N) is 1. The summed E-state index contributed by atoms with van der Waals surface area (Å²) in [7, 11) is 0. The number of alkyl halides is 1. The van der Waals surface area contributed by atoms with Gasteiger partial charge in [-0.15, -0.1) is 11.8 Å². The number of hydrogen-bond acceptors (Lipinski definition) is 3. The molecule has 3 nitrogen and oxygen atoms in total. The van der Waals surface area contributed by atoms with Gasteiger partial charge in [0.05, 0.1) is 11.6 Å². The van der Waals surface area contributed by atoms with Crippen molar-refractivity contribution in [2.24, 2.45) is 0 Å². The third kappa shape index (κ3) is 3.40. The summed E-state index contributed by atoms with van der Waals surface area (Å²) in [4.78, 5) is 15.6. The molecule has 2 aliphatic rings. The fraction of sp³-hybridized carbons (Fsp3) is 0.296. The third-order valence-electron chi connectivity index (χ3n) is 6.78. The average molecular weight is 554 g/mol. The zero-order chi connectivity index (χ0) is 22.3. The van der Waals surface area contributed by atoms with Crippen LogP contribution in [0.5, 0.6) is 0 Å². The SMILES string of the molecule is CC1(C)SC2C(NC(c3ccccc3)(c3ccccc3)c3ccccc3)C(=O)N2C1CI. The predicted octanol–water partition coefficient (Wildman–Crippen LogP) is 5.43. The van der Waals surface area contributed by atoms with Crippen molar-refractivity contribution in [3.63, 3.8) is 0 Å². The number of rotatable bonds is 6. The number of amides is 1. The number of carbonyl (C=O) groups excluding carboxylic acids is 1. The van der Waals surface area contributed by atoms with E-state index >= 15 is 0 Å². The average Bonchev–Trinajstić information content (AvgIpc) is 3.08. The molecule has 0 saturated carbocycles. The molecule has 3 aromatic rings. The van der Waals surface area contributed by atoms with E-state index in [0.29, 0.717) is 0 Å². The van der Waals surface area contributed by atoms with E-state index in [9.17, 15) is 4.79 Å². The van der Waals surface area contributed by atoms with Gasteiger partial charge in [0, 0.05) is 9.17 Å². The number of thioether (sulfide) groups is 1. The largest absolute Gasteiger partial charge is 0.322 e. The van der Waals surface area contributed by atoms with Crippen LogP contribution >= 0.6 is 34.4 Å². The van der Waals surface area contributed by atoms with E-state index in [2.05, 4.69) is 119 Å². The molecule has 3 atom stereocenters. The van der Waals surface area contributed by atoms with Crippen LogP contribution in [0.3, 0.4) is 0 Å². The standard InChI is InChI=1S/C27H27IN2OS/c1-26(2)22(18-28)30-24(31)23(25(30)32-26)29-27(19-12-6-3-7-13-19,20-14-8-4-9-15-20)21-16-10-5-11-17-21/h3-17,22-23,25,29H,18H2,1-2H3. The van der Waals surface area contributed by atoms with Gasteiger partial charge < -0.3 is 4.90 Å². The van der Waals surface area contributed by atoms with Gasteiger partial charge in [-0.1, -0.05) is 114 Å². The van der Waals surface area contributed by atoms with Gasteiger partial charge in [0.25, 0.3) is 0 Å². The Balaban J connectivity index is 1.64. The fourth-order valence-electron chi connectivity index (χ4n) is 5.11. The molecule has 5 rings (SSSR count). The van der Waals surface area contributed by atoms with Crippen LogP contribution < -0.4 is 5.32 Å². The Hall–Kier alpha value is -1.83. The van der Waals surface area contributed by atoms with E-state index in [4.69, 9.17) is 0 Å². The summed E-state index contributed by atoms with van der Waals surface area (Å²) < 4.78 is 1.00.